The first kappa shape index (κ1) is 7.37. The van der Waals surface area contributed by atoms with E-state index >= 15 is 0 Å². The standard InChI is InChI=1S/C11H19N/c1-8-6-9-7-11(8,2)10-4-3-5-12(9)10/h8-10H,3-7H2,1-2H3. The summed E-state index contributed by atoms with van der Waals surface area (Å²) >= 11 is 0. The smallest absolute Gasteiger partial charge is 0.0156 e. The van der Waals surface area contributed by atoms with Gasteiger partial charge in [-0.25, -0.2) is 0 Å². The summed E-state index contributed by atoms with van der Waals surface area (Å²) in [6.07, 6.45) is 5.92. The maximum Gasteiger partial charge on any atom is 0.0156 e. The van der Waals surface area contributed by atoms with Crippen LogP contribution in [0.2, 0.25) is 0 Å². The van der Waals surface area contributed by atoms with E-state index in [1.54, 1.807) is 0 Å². The molecule has 4 atom stereocenters. The third-order valence-corrected chi connectivity index (χ3v) is 4.95. The SMILES string of the molecule is CC1CC2CC1(C)C1CCCN21. The van der Waals surface area contributed by atoms with Gasteiger partial charge in [0, 0.05) is 12.1 Å². The molecular formula is C11H19N. The Kier molecular flexibility index (Phi) is 1.27. The fraction of sp³-hybridized carbons (Fsp3) is 1.00. The second-order valence-corrected chi connectivity index (χ2v) is 5.40. The Hall–Kier alpha value is -0.0400. The summed E-state index contributed by atoms with van der Waals surface area (Å²) in [6, 6.07) is 1.93. The van der Waals surface area contributed by atoms with Crippen molar-refractivity contribution in [3.05, 3.63) is 0 Å². The van der Waals surface area contributed by atoms with Crippen molar-refractivity contribution in [1.29, 1.82) is 0 Å². The van der Waals surface area contributed by atoms with Crippen LogP contribution < -0.4 is 0 Å². The fourth-order valence-electron chi connectivity index (χ4n) is 4.12. The molecule has 0 aromatic rings. The van der Waals surface area contributed by atoms with Crippen molar-refractivity contribution >= 4 is 0 Å². The maximum absolute atomic E-state index is 2.81. The Balaban J connectivity index is 1.98. The Bertz CT molecular complexity index is 213. The minimum Gasteiger partial charge on any atom is -0.297 e. The lowest BCUT2D eigenvalue weighted by atomic mass is 9.74. The lowest BCUT2D eigenvalue weighted by Crippen LogP contribution is -2.43. The van der Waals surface area contributed by atoms with Gasteiger partial charge in [0.1, 0.15) is 0 Å². The van der Waals surface area contributed by atoms with E-state index in [-0.39, 0.29) is 0 Å². The van der Waals surface area contributed by atoms with Crippen LogP contribution in [0.5, 0.6) is 0 Å². The van der Waals surface area contributed by atoms with Crippen LogP contribution in [0.15, 0.2) is 0 Å². The monoisotopic (exact) mass is 165 g/mol. The van der Waals surface area contributed by atoms with Crippen LogP contribution in [-0.4, -0.2) is 23.5 Å². The third-order valence-electron chi connectivity index (χ3n) is 4.95. The number of rotatable bonds is 0. The van der Waals surface area contributed by atoms with E-state index in [2.05, 4.69) is 18.7 Å². The van der Waals surface area contributed by atoms with Gasteiger partial charge in [0.15, 0.2) is 0 Å². The second kappa shape index (κ2) is 2.06. The molecular weight excluding hydrogens is 146 g/mol. The highest BCUT2D eigenvalue weighted by Crippen LogP contribution is 2.58. The molecule has 2 aliphatic heterocycles. The van der Waals surface area contributed by atoms with Gasteiger partial charge in [0.05, 0.1) is 0 Å². The van der Waals surface area contributed by atoms with Gasteiger partial charge in [-0.3, -0.25) is 4.90 Å². The van der Waals surface area contributed by atoms with E-state index in [1.807, 2.05) is 0 Å². The van der Waals surface area contributed by atoms with Gasteiger partial charge in [0.2, 0.25) is 0 Å². The van der Waals surface area contributed by atoms with Crippen molar-refractivity contribution in [2.75, 3.05) is 6.54 Å². The van der Waals surface area contributed by atoms with E-state index in [0.717, 1.165) is 18.0 Å². The van der Waals surface area contributed by atoms with Crippen LogP contribution in [0.25, 0.3) is 0 Å². The number of fused-ring (bicyclic) bond motifs is 5. The Morgan fingerprint density at radius 3 is 3.08 bits per heavy atom. The number of nitrogens with zero attached hydrogens (tertiary/aromatic N) is 1. The van der Waals surface area contributed by atoms with Crippen molar-refractivity contribution in [3.63, 3.8) is 0 Å². The quantitative estimate of drug-likeness (QED) is 0.532. The van der Waals surface area contributed by atoms with Gasteiger partial charge in [-0.05, 0) is 43.6 Å². The normalized spacial score (nSPS) is 58.0. The largest absolute Gasteiger partial charge is 0.297 e. The predicted molar refractivity (Wildman–Crippen MR) is 50.0 cm³/mol. The first-order valence-corrected chi connectivity index (χ1v) is 5.47. The highest BCUT2D eigenvalue weighted by Gasteiger charge is 2.58. The van der Waals surface area contributed by atoms with Gasteiger partial charge in [-0.1, -0.05) is 13.8 Å². The van der Waals surface area contributed by atoms with E-state index < -0.39 is 0 Å². The molecule has 2 heterocycles. The summed E-state index contributed by atoms with van der Waals surface area (Å²) in [4.78, 5) is 2.81. The highest BCUT2D eigenvalue weighted by atomic mass is 15.3. The average molecular weight is 165 g/mol. The molecule has 0 spiro atoms. The third kappa shape index (κ3) is 0.654. The van der Waals surface area contributed by atoms with Gasteiger partial charge in [0.25, 0.3) is 0 Å². The van der Waals surface area contributed by atoms with Crippen LogP contribution in [0.3, 0.4) is 0 Å². The molecule has 1 heteroatoms. The second-order valence-electron chi connectivity index (χ2n) is 5.40. The summed E-state index contributed by atoms with van der Waals surface area (Å²) in [7, 11) is 0. The van der Waals surface area contributed by atoms with Crippen LogP contribution in [0.1, 0.15) is 39.5 Å². The zero-order valence-corrected chi connectivity index (χ0v) is 8.21. The highest BCUT2D eigenvalue weighted by molar-refractivity contribution is 5.11. The summed E-state index contributed by atoms with van der Waals surface area (Å²) in [6.45, 7) is 6.40. The summed E-state index contributed by atoms with van der Waals surface area (Å²) < 4.78 is 0. The van der Waals surface area contributed by atoms with Crippen molar-refractivity contribution < 1.29 is 0 Å². The molecule has 1 saturated carbocycles. The molecule has 1 aliphatic carbocycles. The van der Waals surface area contributed by atoms with Gasteiger partial charge < -0.3 is 0 Å². The number of piperidine rings is 1. The summed E-state index contributed by atoms with van der Waals surface area (Å²) in [5, 5.41) is 0. The molecule has 0 amide bonds. The minimum absolute atomic E-state index is 0.696. The van der Waals surface area contributed by atoms with Crippen molar-refractivity contribution in [1.82, 2.24) is 4.90 Å². The number of hydrogen-bond donors (Lipinski definition) is 0. The van der Waals surface area contributed by atoms with Crippen LogP contribution in [-0.2, 0) is 0 Å². The van der Waals surface area contributed by atoms with E-state index in [1.165, 1.54) is 32.2 Å². The average Bonchev–Trinajstić information content (AvgIpc) is 2.60. The molecule has 0 N–H and O–H groups in total. The summed E-state index contributed by atoms with van der Waals surface area (Å²) in [5.74, 6) is 0.988. The van der Waals surface area contributed by atoms with E-state index in [4.69, 9.17) is 0 Å². The molecule has 1 nitrogen and oxygen atoms in total. The Morgan fingerprint density at radius 1 is 1.42 bits per heavy atom. The van der Waals surface area contributed by atoms with E-state index in [9.17, 15) is 0 Å². The molecule has 3 fully saturated rings. The Morgan fingerprint density at radius 2 is 2.25 bits per heavy atom. The van der Waals surface area contributed by atoms with Crippen LogP contribution >= 0.6 is 0 Å². The Labute approximate surface area is 75.1 Å². The molecule has 0 aromatic carbocycles. The molecule has 3 aliphatic rings. The number of hydrogen-bond acceptors (Lipinski definition) is 1. The van der Waals surface area contributed by atoms with Crippen molar-refractivity contribution in [2.45, 2.75) is 51.6 Å². The van der Waals surface area contributed by atoms with E-state index in [0.29, 0.717) is 5.41 Å². The van der Waals surface area contributed by atoms with Gasteiger partial charge >= 0.3 is 0 Å². The predicted octanol–water partition coefficient (Wildman–Crippen LogP) is 2.27. The van der Waals surface area contributed by atoms with Crippen molar-refractivity contribution in [2.24, 2.45) is 11.3 Å². The fourth-order valence-corrected chi connectivity index (χ4v) is 4.12. The lowest BCUT2D eigenvalue weighted by Gasteiger charge is -2.39. The molecule has 68 valence electrons. The van der Waals surface area contributed by atoms with Crippen LogP contribution in [0, 0.1) is 11.3 Å². The molecule has 0 aromatic heterocycles. The van der Waals surface area contributed by atoms with Crippen LogP contribution in [0.4, 0.5) is 0 Å². The first-order valence-electron chi connectivity index (χ1n) is 5.47. The van der Waals surface area contributed by atoms with Gasteiger partial charge in [-0.15, -0.1) is 0 Å². The maximum atomic E-state index is 2.81. The topological polar surface area (TPSA) is 3.24 Å². The molecule has 2 saturated heterocycles. The lowest BCUT2D eigenvalue weighted by molar-refractivity contribution is 0.0899. The molecule has 0 radical (unpaired) electrons. The van der Waals surface area contributed by atoms with Gasteiger partial charge in [-0.2, -0.15) is 0 Å². The molecule has 3 rings (SSSR count). The molecule has 2 bridgehead atoms. The minimum atomic E-state index is 0.696. The molecule has 12 heavy (non-hydrogen) atoms. The molecule has 4 unspecified atom stereocenters. The van der Waals surface area contributed by atoms with Crippen molar-refractivity contribution in [3.8, 4) is 0 Å². The zero-order chi connectivity index (χ0) is 8.34. The zero-order valence-electron chi connectivity index (χ0n) is 8.21. The first-order chi connectivity index (χ1) is 5.72. The summed E-state index contributed by atoms with van der Waals surface area (Å²) in [5.41, 5.74) is 0.696.